The van der Waals surface area contributed by atoms with Crippen molar-refractivity contribution in [2.75, 3.05) is 28.4 Å². The second-order valence-corrected chi connectivity index (χ2v) is 4.32. The molecule has 7 nitrogen and oxygen atoms in total. The average Bonchev–Trinajstić information content (AvgIpc) is 2.57. The lowest BCUT2D eigenvalue weighted by atomic mass is 10.2. The number of benzene rings is 1. The van der Waals surface area contributed by atoms with Crippen LogP contribution in [0.25, 0.3) is 0 Å². The van der Waals surface area contributed by atoms with E-state index in [0.29, 0.717) is 0 Å². The van der Waals surface area contributed by atoms with E-state index in [4.69, 9.17) is 25.1 Å². The van der Waals surface area contributed by atoms with Crippen molar-refractivity contribution in [2.45, 2.75) is 25.0 Å². The summed E-state index contributed by atoms with van der Waals surface area (Å²) in [5, 5.41) is 8.70. The lowest BCUT2D eigenvalue weighted by Crippen LogP contribution is -2.40. The summed E-state index contributed by atoms with van der Waals surface area (Å²) in [6.07, 6.45) is -0.850. The van der Waals surface area contributed by atoms with E-state index in [9.17, 15) is 4.79 Å². The van der Waals surface area contributed by atoms with Gasteiger partial charge < -0.3 is 29.8 Å². The highest BCUT2D eigenvalue weighted by Gasteiger charge is 2.31. The van der Waals surface area contributed by atoms with Gasteiger partial charge in [0.2, 0.25) is 0 Å². The maximum absolute atomic E-state index is 10.4. The number of rotatable bonds is 6. The zero-order chi connectivity index (χ0) is 17.2. The van der Waals surface area contributed by atoms with Gasteiger partial charge in [-0.25, -0.2) is 0 Å². The summed E-state index contributed by atoms with van der Waals surface area (Å²) in [6.45, 7) is 1.43. The second-order valence-electron chi connectivity index (χ2n) is 4.32. The molecule has 0 aromatic heterocycles. The minimum Gasteiger partial charge on any atom is -0.468 e. The van der Waals surface area contributed by atoms with Gasteiger partial charge >= 0.3 is 11.9 Å². The Balaban J connectivity index is 0.000000433. The fourth-order valence-corrected chi connectivity index (χ4v) is 1.58. The van der Waals surface area contributed by atoms with Gasteiger partial charge in [-0.2, -0.15) is 0 Å². The topological polar surface area (TPSA) is 100 Å². The molecule has 0 fully saturated rings. The average molecular weight is 315 g/mol. The molecule has 0 amide bonds. The van der Waals surface area contributed by atoms with Crippen LogP contribution < -0.4 is 5.73 Å². The molecule has 7 heteroatoms. The highest BCUT2D eigenvalue weighted by molar-refractivity contribution is 5.75. The molecule has 1 aromatic carbocycles. The van der Waals surface area contributed by atoms with E-state index in [0.717, 1.165) is 5.56 Å². The van der Waals surface area contributed by atoms with Crippen LogP contribution in [0.3, 0.4) is 0 Å². The van der Waals surface area contributed by atoms with E-state index in [1.54, 1.807) is 21.3 Å². The Hall–Kier alpha value is -1.51. The highest BCUT2D eigenvalue weighted by Crippen LogP contribution is 2.25. The van der Waals surface area contributed by atoms with Gasteiger partial charge in [-0.3, -0.25) is 4.79 Å². The van der Waals surface area contributed by atoms with E-state index in [-0.39, 0.29) is 0 Å². The van der Waals surface area contributed by atoms with Crippen LogP contribution in [-0.4, -0.2) is 51.7 Å². The normalized spacial score (nSPS) is 13.6. The van der Waals surface area contributed by atoms with Crippen LogP contribution in [0.15, 0.2) is 30.3 Å². The van der Waals surface area contributed by atoms with Crippen molar-refractivity contribution in [3.05, 3.63) is 35.9 Å². The van der Waals surface area contributed by atoms with Crippen LogP contribution >= 0.6 is 0 Å². The number of hydrogen-bond donors (Lipinski definition) is 2. The lowest BCUT2D eigenvalue weighted by Gasteiger charge is -2.28. The molecule has 3 N–H and O–H groups in total. The Morgan fingerprint density at radius 3 is 1.82 bits per heavy atom. The number of hydrogen-bond acceptors (Lipinski definition) is 7. The highest BCUT2D eigenvalue weighted by atomic mass is 16.9. The minimum absolute atomic E-state index is 0.593. The second kappa shape index (κ2) is 10.3. The van der Waals surface area contributed by atoms with Gasteiger partial charge in [0.15, 0.2) is 0 Å². The fraction of sp³-hybridized carbons (Fsp3) is 0.533. The molecule has 0 spiro atoms. The Morgan fingerprint density at radius 1 is 1.09 bits per heavy atom. The first-order chi connectivity index (χ1) is 10.4. The Kier molecular flexibility index (Phi) is 9.55. The van der Waals surface area contributed by atoms with Crippen LogP contribution in [0.4, 0.5) is 0 Å². The SMILES string of the molecule is COC(=O)[C@H](N)[C@H](C)O.COC(OC)(OC)c1ccccc1. The zero-order valence-corrected chi connectivity index (χ0v) is 13.6. The number of methoxy groups -OCH3 is 4. The Bertz CT molecular complexity index is 411. The van der Waals surface area contributed by atoms with Gasteiger partial charge in [0.1, 0.15) is 6.04 Å². The van der Waals surface area contributed by atoms with Gasteiger partial charge in [-0.05, 0) is 6.92 Å². The van der Waals surface area contributed by atoms with Crippen LogP contribution in [0.1, 0.15) is 12.5 Å². The summed E-state index contributed by atoms with van der Waals surface area (Å²) in [7, 11) is 5.85. The molecule has 0 aliphatic heterocycles. The number of carbonyl (C=O) groups is 1. The van der Waals surface area contributed by atoms with Crippen molar-refractivity contribution < 1.29 is 28.8 Å². The molecule has 0 heterocycles. The van der Waals surface area contributed by atoms with Crippen molar-refractivity contribution in [3.63, 3.8) is 0 Å². The predicted molar refractivity (Wildman–Crippen MR) is 80.8 cm³/mol. The quantitative estimate of drug-likeness (QED) is 0.586. The summed E-state index contributed by atoms with van der Waals surface area (Å²) >= 11 is 0. The van der Waals surface area contributed by atoms with Crippen LogP contribution in [0.5, 0.6) is 0 Å². The van der Waals surface area contributed by atoms with Gasteiger partial charge in [0.25, 0.3) is 0 Å². The van der Waals surface area contributed by atoms with Gasteiger partial charge in [0.05, 0.1) is 13.2 Å². The molecule has 0 aliphatic carbocycles. The molecule has 0 saturated heterocycles. The van der Waals surface area contributed by atoms with Crippen LogP contribution in [-0.2, 0) is 29.7 Å². The molecule has 0 saturated carbocycles. The molecule has 0 radical (unpaired) electrons. The molecule has 2 atom stereocenters. The van der Waals surface area contributed by atoms with Crippen molar-refractivity contribution in [1.82, 2.24) is 0 Å². The third-order valence-electron chi connectivity index (χ3n) is 2.93. The third kappa shape index (κ3) is 5.70. The lowest BCUT2D eigenvalue weighted by molar-refractivity contribution is -0.364. The monoisotopic (exact) mass is 315 g/mol. The molecule has 0 unspecified atom stereocenters. The summed E-state index contributed by atoms with van der Waals surface area (Å²) in [4.78, 5) is 10.4. The summed E-state index contributed by atoms with van der Waals surface area (Å²) in [6, 6.07) is 8.58. The van der Waals surface area contributed by atoms with Crippen molar-refractivity contribution >= 4 is 5.97 Å². The molecule has 1 rings (SSSR count). The van der Waals surface area contributed by atoms with Crippen LogP contribution in [0.2, 0.25) is 0 Å². The summed E-state index contributed by atoms with van der Waals surface area (Å²) < 4.78 is 19.8. The maximum Gasteiger partial charge on any atom is 0.325 e. The standard InChI is InChI=1S/C10H14O3.C5H11NO3/c1-11-10(12-2,13-3)9-7-5-4-6-8-9;1-3(7)4(6)5(8)9-2/h4-8H,1-3H3;3-4,7H,6H2,1-2H3/t;3-,4+/m.0/s1. The first-order valence-electron chi connectivity index (χ1n) is 6.61. The van der Waals surface area contributed by atoms with Gasteiger partial charge in [-0.1, -0.05) is 30.3 Å². The Morgan fingerprint density at radius 2 is 1.55 bits per heavy atom. The molecule has 126 valence electrons. The van der Waals surface area contributed by atoms with Crippen molar-refractivity contribution in [2.24, 2.45) is 5.73 Å². The first kappa shape index (κ1) is 20.5. The van der Waals surface area contributed by atoms with Crippen LogP contribution in [0, 0.1) is 0 Å². The minimum atomic E-state index is -1.08. The smallest absolute Gasteiger partial charge is 0.325 e. The van der Waals surface area contributed by atoms with Crippen molar-refractivity contribution in [3.8, 4) is 0 Å². The predicted octanol–water partition coefficient (Wildman–Crippen LogP) is 0.604. The number of aliphatic hydroxyl groups excluding tert-OH is 1. The third-order valence-corrected chi connectivity index (χ3v) is 2.93. The molecular weight excluding hydrogens is 290 g/mol. The van der Waals surface area contributed by atoms with Crippen molar-refractivity contribution in [1.29, 1.82) is 0 Å². The molecule has 0 bridgehead atoms. The van der Waals surface area contributed by atoms with Gasteiger partial charge in [-0.15, -0.1) is 0 Å². The fourth-order valence-electron chi connectivity index (χ4n) is 1.58. The van der Waals surface area contributed by atoms with Gasteiger partial charge in [0, 0.05) is 26.9 Å². The zero-order valence-electron chi connectivity index (χ0n) is 13.6. The maximum atomic E-state index is 10.4. The molecule has 0 aliphatic rings. The summed E-state index contributed by atoms with van der Waals surface area (Å²) in [5.41, 5.74) is 5.98. The number of esters is 1. The van der Waals surface area contributed by atoms with E-state index >= 15 is 0 Å². The number of aliphatic hydroxyl groups is 1. The molecule has 22 heavy (non-hydrogen) atoms. The van der Waals surface area contributed by atoms with E-state index in [1.165, 1.54) is 14.0 Å². The largest absolute Gasteiger partial charge is 0.468 e. The number of ether oxygens (including phenoxy) is 4. The molecular formula is C15H25NO6. The number of nitrogens with two attached hydrogens (primary N) is 1. The van der Waals surface area contributed by atoms with E-state index in [1.807, 2.05) is 30.3 Å². The number of carbonyl (C=O) groups excluding carboxylic acids is 1. The van der Waals surface area contributed by atoms with E-state index in [2.05, 4.69) is 4.74 Å². The first-order valence-corrected chi connectivity index (χ1v) is 6.61. The molecule has 1 aromatic rings. The summed E-state index contributed by atoms with van der Waals surface area (Å²) in [5.74, 6) is -1.67. The van der Waals surface area contributed by atoms with E-state index < -0.39 is 24.1 Å². The Labute approximate surface area is 130 Å².